The molecule has 148 valence electrons. The van der Waals surface area contributed by atoms with Gasteiger partial charge in [0.05, 0.1) is 6.54 Å². The van der Waals surface area contributed by atoms with Crippen LogP contribution in [0.3, 0.4) is 0 Å². The van der Waals surface area contributed by atoms with Gasteiger partial charge in [0.15, 0.2) is 5.96 Å². The summed E-state index contributed by atoms with van der Waals surface area (Å²) < 4.78 is 25.9. The molecule has 0 bridgehead atoms. The first-order chi connectivity index (χ1) is 12.4. The summed E-state index contributed by atoms with van der Waals surface area (Å²) in [7, 11) is 1.49. The number of likely N-dealkylation sites (tertiary alicyclic amines) is 1. The van der Waals surface area contributed by atoms with Gasteiger partial charge in [0, 0.05) is 45.2 Å². The largest absolute Gasteiger partial charge is 0.354 e. The van der Waals surface area contributed by atoms with Crippen LogP contribution in [-0.4, -0.2) is 70.4 Å². The Morgan fingerprint density at radius 1 is 1.35 bits per heavy atom. The number of guanidine groups is 1. The lowest BCUT2D eigenvalue weighted by atomic mass is 10.1. The molecule has 0 unspecified atom stereocenters. The lowest BCUT2D eigenvalue weighted by molar-refractivity contribution is 0.206. The number of thiophene rings is 1. The van der Waals surface area contributed by atoms with Crippen LogP contribution in [0.4, 0.5) is 0 Å². The van der Waals surface area contributed by atoms with E-state index in [1.165, 1.54) is 28.6 Å². The van der Waals surface area contributed by atoms with Crippen LogP contribution in [0.1, 0.15) is 31.1 Å². The normalized spacial score (nSPS) is 17.7. The van der Waals surface area contributed by atoms with Gasteiger partial charge in [-0.05, 0) is 37.9 Å². The molecule has 0 spiro atoms. The quantitative estimate of drug-likeness (QED) is 0.535. The number of hydrogen-bond acceptors (Lipinski definition) is 5. The highest BCUT2D eigenvalue weighted by atomic mass is 32.2. The number of nitrogens with zero attached hydrogens (tertiary/aromatic N) is 3. The summed E-state index contributed by atoms with van der Waals surface area (Å²) in [6.45, 7) is 6.20. The maximum atomic E-state index is 12.2. The Kier molecular flexibility index (Phi) is 7.87. The fraction of sp³-hybridized carbons (Fsp3) is 0.706. The molecule has 1 fully saturated rings. The van der Waals surface area contributed by atoms with E-state index in [0.29, 0.717) is 16.8 Å². The summed E-state index contributed by atoms with van der Waals surface area (Å²) in [5.74, 6) is 0.768. The summed E-state index contributed by atoms with van der Waals surface area (Å²) in [5.41, 5.74) is 0. The van der Waals surface area contributed by atoms with Crippen molar-refractivity contribution in [1.82, 2.24) is 19.8 Å². The van der Waals surface area contributed by atoms with Crippen molar-refractivity contribution in [3.8, 4) is 0 Å². The second-order valence-electron chi connectivity index (χ2n) is 6.69. The fourth-order valence-corrected chi connectivity index (χ4v) is 5.41. The van der Waals surface area contributed by atoms with E-state index in [-0.39, 0.29) is 0 Å². The van der Waals surface area contributed by atoms with E-state index in [1.54, 1.807) is 27.2 Å². The maximum Gasteiger partial charge on any atom is 0.252 e. The van der Waals surface area contributed by atoms with E-state index in [4.69, 9.17) is 0 Å². The third-order valence-electron chi connectivity index (χ3n) is 4.49. The zero-order valence-corrected chi connectivity index (χ0v) is 17.8. The first-order valence-electron chi connectivity index (χ1n) is 9.07. The van der Waals surface area contributed by atoms with Crippen molar-refractivity contribution in [2.75, 3.05) is 40.8 Å². The van der Waals surface area contributed by atoms with Gasteiger partial charge in [0.1, 0.15) is 4.21 Å². The van der Waals surface area contributed by atoms with Gasteiger partial charge in [-0.3, -0.25) is 4.99 Å². The van der Waals surface area contributed by atoms with Gasteiger partial charge >= 0.3 is 0 Å². The van der Waals surface area contributed by atoms with Crippen LogP contribution in [-0.2, 0) is 16.6 Å². The molecule has 26 heavy (non-hydrogen) atoms. The van der Waals surface area contributed by atoms with Crippen LogP contribution in [0.15, 0.2) is 21.3 Å². The molecule has 0 radical (unpaired) electrons. The number of nitrogens with one attached hydrogen (secondary N) is 2. The first-order valence-corrected chi connectivity index (χ1v) is 11.3. The molecule has 2 heterocycles. The molecule has 2 N–H and O–H groups in total. The van der Waals surface area contributed by atoms with Gasteiger partial charge in [0.2, 0.25) is 0 Å². The molecule has 1 aliphatic heterocycles. The predicted octanol–water partition coefficient (Wildman–Crippen LogP) is 1.54. The zero-order chi connectivity index (χ0) is 19.2. The SMILES string of the molecule is CCCN1CCC(NC(=NC)NCc2ccc(S(=O)(=O)N(C)C)s2)CC1. The van der Waals surface area contributed by atoms with Gasteiger partial charge < -0.3 is 15.5 Å². The highest BCUT2D eigenvalue weighted by Gasteiger charge is 2.21. The Labute approximate surface area is 161 Å². The Balaban J connectivity index is 1.84. The second-order valence-corrected chi connectivity index (χ2v) is 10.2. The number of piperidine rings is 1. The van der Waals surface area contributed by atoms with Crippen molar-refractivity contribution in [3.63, 3.8) is 0 Å². The molecule has 2 rings (SSSR count). The van der Waals surface area contributed by atoms with Crippen molar-refractivity contribution >= 4 is 27.3 Å². The highest BCUT2D eigenvalue weighted by molar-refractivity contribution is 7.91. The van der Waals surface area contributed by atoms with Gasteiger partial charge in [-0.15, -0.1) is 11.3 Å². The smallest absolute Gasteiger partial charge is 0.252 e. The van der Waals surface area contributed by atoms with E-state index >= 15 is 0 Å². The molecule has 0 aromatic carbocycles. The Hall–Kier alpha value is -1.16. The molecule has 0 aliphatic carbocycles. The molecule has 1 aromatic heterocycles. The minimum absolute atomic E-state index is 0.366. The fourth-order valence-electron chi connectivity index (χ4n) is 2.95. The van der Waals surface area contributed by atoms with Crippen molar-refractivity contribution in [1.29, 1.82) is 0 Å². The van der Waals surface area contributed by atoms with Crippen LogP contribution < -0.4 is 10.6 Å². The van der Waals surface area contributed by atoms with Crippen molar-refractivity contribution in [3.05, 3.63) is 17.0 Å². The minimum Gasteiger partial charge on any atom is -0.354 e. The number of rotatable bonds is 7. The molecule has 1 saturated heterocycles. The van der Waals surface area contributed by atoms with E-state index in [0.717, 1.165) is 36.8 Å². The third-order valence-corrected chi connectivity index (χ3v) is 7.86. The van der Waals surface area contributed by atoms with Crippen LogP contribution in [0.25, 0.3) is 0 Å². The summed E-state index contributed by atoms with van der Waals surface area (Å²) in [6.07, 6.45) is 3.43. The molecule has 1 aliphatic rings. The number of aliphatic imine (C=N–C) groups is 1. The molecule has 1 aromatic rings. The summed E-state index contributed by atoms with van der Waals surface area (Å²) >= 11 is 1.29. The van der Waals surface area contributed by atoms with E-state index in [9.17, 15) is 8.42 Å². The molecule has 7 nitrogen and oxygen atoms in total. The lowest BCUT2D eigenvalue weighted by Crippen LogP contribution is -2.48. The van der Waals surface area contributed by atoms with E-state index < -0.39 is 10.0 Å². The zero-order valence-electron chi connectivity index (χ0n) is 16.2. The molecular weight excluding hydrogens is 370 g/mol. The standard InChI is InChI=1S/C17H31N5O2S2/c1-5-10-22-11-8-14(9-12-22)20-17(18-2)19-13-15-6-7-16(25-15)26(23,24)21(3)4/h6-7,14H,5,8-13H2,1-4H3,(H2,18,19,20). The lowest BCUT2D eigenvalue weighted by Gasteiger charge is -2.32. The van der Waals surface area contributed by atoms with Crippen LogP contribution in [0.5, 0.6) is 0 Å². The first kappa shape index (κ1) is 21.1. The monoisotopic (exact) mass is 401 g/mol. The molecule has 0 atom stereocenters. The average Bonchev–Trinajstić information content (AvgIpc) is 3.10. The van der Waals surface area contributed by atoms with Gasteiger partial charge in [-0.2, -0.15) is 0 Å². The topological polar surface area (TPSA) is 77.0 Å². The summed E-state index contributed by atoms with van der Waals surface area (Å²) in [6, 6.07) is 3.95. The van der Waals surface area contributed by atoms with E-state index in [2.05, 4.69) is 27.4 Å². The van der Waals surface area contributed by atoms with Gasteiger partial charge in [-0.1, -0.05) is 6.92 Å². The second kappa shape index (κ2) is 9.68. The highest BCUT2D eigenvalue weighted by Crippen LogP contribution is 2.23. The van der Waals surface area contributed by atoms with Crippen LogP contribution in [0.2, 0.25) is 0 Å². The summed E-state index contributed by atoms with van der Waals surface area (Å²) in [4.78, 5) is 7.77. The van der Waals surface area contributed by atoms with Crippen LogP contribution >= 0.6 is 11.3 Å². The van der Waals surface area contributed by atoms with Crippen molar-refractivity contribution < 1.29 is 8.42 Å². The Morgan fingerprint density at radius 2 is 2.04 bits per heavy atom. The minimum atomic E-state index is -3.36. The van der Waals surface area contributed by atoms with Gasteiger partial charge in [-0.25, -0.2) is 12.7 Å². The molecule has 9 heteroatoms. The Morgan fingerprint density at radius 3 is 2.62 bits per heavy atom. The number of hydrogen-bond donors (Lipinski definition) is 2. The summed E-state index contributed by atoms with van der Waals surface area (Å²) in [5, 5.41) is 6.77. The predicted molar refractivity (Wildman–Crippen MR) is 108 cm³/mol. The number of sulfonamides is 1. The maximum absolute atomic E-state index is 12.2. The molecule has 0 saturated carbocycles. The average molecular weight is 402 g/mol. The molecular formula is C17H31N5O2S2. The molecule has 0 amide bonds. The Bertz CT molecular complexity index is 692. The van der Waals surface area contributed by atoms with E-state index in [1.807, 2.05) is 6.07 Å². The van der Waals surface area contributed by atoms with Gasteiger partial charge in [0.25, 0.3) is 10.0 Å². The van der Waals surface area contributed by atoms with Crippen molar-refractivity contribution in [2.45, 2.75) is 43.0 Å². The van der Waals surface area contributed by atoms with Crippen LogP contribution in [0, 0.1) is 0 Å². The third kappa shape index (κ3) is 5.67. The van der Waals surface area contributed by atoms with Crippen molar-refractivity contribution in [2.24, 2.45) is 4.99 Å².